The molecule has 0 fully saturated rings. The average Bonchev–Trinajstić information content (AvgIpc) is 2.24. The lowest BCUT2D eigenvalue weighted by atomic mass is 10.00. The normalized spacial score (nSPS) is 11.0. The van der Waals surface area contributed by atoms with Crippen LogP contribution < -0.4 is 0 Å². The monoisotopic (exact) mass is 244 g/mol. The molecule has 0 saturated heterocycles. The van der Waals surface area contributed by atoms with E-state index in [0.29, 0.717) is 18.2 Å². The first-order valence-electron chi connectivity index (χ1n) is 4.69. The number of hydrogen-bond donors (Lipinski definition) is 0. The van der Waals surface area contributed by atoms with Crippen molar-refractivity contribution in [3.63, 3.8) is 0 Å². The number of rotatable bonds is 3. The second-order valence-electron chi connectivity index (χ2n) is 3.31. The molecule has 0 unspecified atom stereocenters. The van der Waals surface area contributed by atoms with Gasteiger partial charge in [-0.3, -0.25) is 4.79 Å². The van der Waals surface area contributed by atoms with Gasteiger partial charge in [0.25, 0.3) is 0 Å². The average molecular weight is 244 g/mol. The molecule has 90 valence electrons. The van der Waals surface area contributed by atoms with E-state index in [0.717, 1.165) is 0 Å². The number of alkyl halides is 3. The highest BCUT2D eigenvalue weighted by Crippen LogP contribution is 2.32. The minimum absolute atomic E-state index is 0.0205. The van der Waals surface area contributed by atoms with Gasteiger partial charge in [0, 0.05) is 18.4 Å². The zero-order valence-corrected chi connectivity index (χ0v) is 8.64. The number of benzene rings is 1. The molecule has 0 amide bonds. The van der Waals surface area contributed by atoms with Crippen molar-refractivity contribution >= 4 is 5.78 Å². The van der Waals surface area contributed by atoms with Crippen LogP contribution in [0, 0.1) is 18.2 Å². The zero-order chi connectivity index (χ0) is 13.1. The Bertz CT molecular complexity index is 468. The summed E-state index contributed by atoms with van der Waals surface area (Å²) in [4.78, 5) is 11.5. The van der Waals surface area contributed by atoms with Gasteiger partial charge in [-0.1, -0.05) is 0 Å². The van der Waals surface area contributed by atoms with Crippen LogP contribution in [0.2, 0.25) is 0 Å². The van der Waals surface area contributed by atoms with Crippen LogP contribution in [0.25, 0.3) is 0 Å². The lowest BCUT2D eigenvalue weighted by Gasteiger charge is -2.11. The van der Waals surface area contributed by atoms with Gasteiger partial charge < -0.3 is 0 Å². The van der Waals surface area contributed by atoms with Gasteiger partial charge in [0.2, 0.25) is 0 Å². The standard InChI is InChI=1S/C12H8F4O/c1-2-3-4-11(17)9-7-8(13)5-6-10(9)12(14,15)16/h1,5-7H,3-4H2. The Balaban J connectivity index is 3.17. The van der Waals surface area contributed by atoms with Gasteiger partial charge in [-0.25, -0.2) is 4.39 Å². The SMILES string of the molecule is C#CCCC(=O)c1cc(F)ccc1C(F)(F)F. The molecule has 0 atom stereocenters. The van der Waals surface area contributed by atoms with E-state index in [2.05, 4.69) is 5.92 Å². The third-order valence-corrected chi connectivity index (χ3v) is 2.08. The van der Waals surface area contributed by atoms with E-state index in [-0.39, 0.29) is 12.8 Å². The predicted octanol–water partition coefficient (Wildman–Crippen LogP) is 3.44. The number of terminal acetylenes is 1. The summed E-state index contributed by atoms with van der Waals surface area (Å²) in [6, 6.07) is 1.81. The van der Waals surface area contributed by atoms with Crippen LogP contribution in [0.3, 0.4) is 0 Å². The summed E-state index contributed by atoms with van der Waals surface area (Å²) >= 11 is 0. The van der Waals surface area contributed by atoms with E-state index >= 15 is 0 Å². The fourth-order valence-corrected chi connectivity index (χ4v) is 1.31. The van der Waals surface area contributed by atoms with Gasteiger partial charge in [-0.15, -0.1) is 12.3 Å². The third kappa shape index (κ3) is 3.31. The molecule has 0 bridgehead atoms. The van der Waals surface area contributed by atoms with Gasteiger partial charge in [-0.2, -0.15) is 13.2 Å². The quantitative estimate of drug-likeness (QED) is 0.452. The summed E-state index contributed by atoms with van der Waals surface area (Å²) in [6.07, 6.45) is 0.0118. The third-order valence-electron chi connectivity index (χ3n) is 2.08. The lowest BCUT2D eigenvalue weighted by molar-refractivity contribution is -0.137. The van der Waals surface area contributed by atoms with E-state index in [4.69, 9.17) is 6.42 Å². The number of ketones is 1. The van der Waals surface area contributed by atoms with E-state index < -0.39 is 28.9 Å². The Morgan fingerprint density at radius 2 is 2.00 bits per heavy atom. The molecule has 1 rings (SSSR count). The van der Waals surface area contributed by atoms with E-state index in [9.17, 15) is 22.4 Å². The van der Waals surface area contributed by atoms with Gasteiger partial charge in [0.05, 0.1) is 5.56 Å². The molecular formula is C12H8F4O. The van der Waals surface area contributed by atoms with Crippen molar-refractivity contribution in [2.45, 2.75) is 19.0 Å². The molecule has 17 heavy (non-hydrogen) atoms. The largest absolute Gasteiger partial charge is 0.417 e. The molecule has 0 aliphatic carbocycles. The molecule has 0 radical (unpaired) electrons. The Morgan fingerprint density at radius 3 is 2.53 bits per heavy atom. The van der Waals surface area contributed by atoms with E-state index in [1.807, 2.05) is 0 Å². The Kier molecular flexibility index (Phi) is 3.89. The first kappa shape index (κ1) is 13.2. The Morgan fingerprint density at radius 1 is 1.35 bits per heavy atom. The molecule has 1 aromatic rings. The van der Waals surface area contributed by atoms with E-state index in [1.54, 1.807) is 0 Å². The highest BCUT2D eigenvalue weighted by atomic mass is 19.4. The molecule has 1 nitrogen and oxygen atoms in total. The van der Waals surface area contributed by atoms with Crippen LogP contribution in [-0.2, 0) is 6.18 Å². The molecule has 0 saturated carbocycles. The van der Waals surface area contributed by atoms with Crippen LogP contribution in [0.1, 0.15) is 28.8 Å². The first-order valence-corrected chi connectivity index (χ1v) is 4.69. The Labute approximate surface area is 95.4 Å². The van der Waals surface area contributed by atoms with Crippen LogP contribution in [0.5, 0.6) is 0 Å². The smallest absolute Gasteiger partial charge is 0.294 e. The van der Waals surface area contributed by atoms with Crippen molar-refractivity contribution in [1.82, 2.24) is 0 Å². The molecule has 0 spiro atoms. The minimum atomic E-state index is -4.69. The summed E-state index contributed by atoms with van der Waals surface area (Å²) in [5.74, 6) is 0.448. The van der Waals surface area contributed by atoms with Crippen LogP contribution in [-0.4, -0.2) is 5.78 Å². The summed E-state index contributed by atoms with van der Waals surface area (Å²) in [5.41, 5.74) is -1.81. The molecule has 0 heterocycles. The van der Waals surface area contributed by atoms with Gasteiger partial charge in [0.1, 0.15) is 5.82 Å². The summed E-state index contributed by atoms with van der Waals surface area (Å²) in [5, 5.41) is 0. The fraction of sp³-hybridized carbons (Fsp3) is 0.250. The number of hydrogen-bond acceptors (Lipinski definition) is 1. The van der Waals surface area contributed by atoms with Gasteiger partial charge in [-0.05, 0) is 18.2 Å². The molecule has 0 N–H and O–H groups in total. The number of carbonyl (C=O) groups is 1. The maximum atomic E-state index is 12.9. The van der Waals surface area contributed by atoms with Gasteiger partial charge >= 0.3 is 6.18 Å². The highest BCUT2D eigenvalue weighted by Gasteiger charge is 2.35. The van der Waals surface area contributed by atoms with Crippen molar-refractivity contribution < 1.29 is 22.4 Å². The van der Waals surface area contributed by atoms with E-state index in [1.165, 1.54) is 0 Å². The fourth-order valence-electron chi connectivity index (χ4n) is 1.31. The second kappa shape index (κ2) is 5.00. The first-order chi connectivity index (χ1) is 7.86. The summed E-state index contributed by atoms with van der Waals surface area (Å²) in [6.45, 7) is 0. The molecule has 0 aliphatic rings. The van der Waals surface area contributed by atoms with Crippen molar-refractivity contribution in [3.05, 3.63) is 35.1 Å². The van der Waals surface area contributed by atoms with Crippen LogP contribution in [0.4, 0.5) is 17.6 Å². The maximum Gasteiger partial charge on any atom is 0.417 e. The number of Topliss-reactive ketones (excluding diaryl/α,β-unsaturated/α-hetero) is 1. The number of carbonyl (C=O) groups excluding carboxylic acids is 1. The molecule has 5 heteroatoms. The minimum Gasteiger partial charge on any atom is -0.294 e. The van der Waals surface area contributed by atoms with Crippen molar-refractivity contribution in [3.8, 4) is 12.3 Å². The zero-order valence-electron chi connectivity index (χ0n) is 8.64. The highest BCUT2D eigenvalue weighted by molar-refractivity contribution is 5.97. The second-order valence-corrected chi connectivity index (χ2v) is 3.31. The number of halogens is 4. The van der Waals surface area contributed by atoms with Crippen molar-refractivity contribution in [1.29, 1.82) is 0 Å². The lowest BCUT2D eigenvalue weighted by Crippen LogP contribution is -2.13. The maximum absolute atomic E-state index is 12.9. The molecule has 1 aromatic carbocycles. The summed E-state index contributed by atoms with van der Waals surface area (Å²) < 4.78 is 50.5. The predicted molar refractivity (Wildman–Crippen MR) is 53.8 cm³/mol. The topological polar surface area (TPSA) is 17.1 Å². The van der Waals surface area contributed by atoms with Crippen LogP contribution in [0.15, 0.2) is 18.2 Å². The molecule has 0 aliphatic heterocycles. The van der Waals surface area contributed by atoms with Crippen LogP contribution >= 0.6 is 0 Å². The van der Waals surface area contributed by atoms with Crippen molar-refractivity contribution in [2.75, 3.05) is 0 Å². The molecular weight excluding hydrogens is 236 g/mol. The summed E-state index contributed by atoms with van der Waals surface area (Å²) in [7, 11) is 0. The van der Waals surface area contributed by atoms with Crippen molar-refractivity contribution in [2.24, 2.45) is 0 Å². The van der Waals surface area contributed by atoms with Gasteiger partial charge in [0.15, 0.2) is 5.78 Å². The Hall–Kier alpha value is -1.83. The molecule has 0 aromatic heterocycles.